The molecule has 1 aromatic heterocycles. The highest BCUT2D eigenvalue weighted by atomic mass is 127. The van der Waals surface area contributed by atoms with Crippen molar-refractivity contribution in [2.75, 3.05) is 0 Å². The van der Waals surface area contributed by atoms with Crippen molar-refractivity contribution in [3.8, 4) is 0 Å². The molecular formula is C6H3ClF2INO3S. The minimum atomic E-state index is -4.22. The van der Waals surface area contributed by atoms with Gasteiger partial charge in [0.05, 0.1) is 3.57 Å². The standard InChI is InChI=1S/C6H3ClF2INO3S/c7-15(13,14)3-1-2(5(8)9)4(10)6(12)11-3/h1,5H,(H,11,12). The number of hydrogen-bond donors (Lipinski definition) is 1. The molecule has 0 aromatic carbocycles. The molecule has 0 saturated carbocycles. The molecule has 0 aliphatic heterocycles. The van der Waals surface area contributed by atoms with E-state index >= 15 is 0 Å². The van der Waals surface area contributed by atoms with Gasteiger partial charge in [-0.3, -0.25) is 4.79 Å². The van der Waals surface area contributed by atoms with Gasteiger partial charge >= 0.3 is 0 Å². The van der Waals surface area contributed by atoms with E-state index in [2.05, 4.69) is 0 Å². The van der Waals surface area contributed by atoms with E-state index in [1.807, 2.05) is 4.98 Å². The quantitative estimate of drug-likeness (QED) is 0.639. The van der Waals surface area contributed by atoms with Crippen molar-refractivity contribution >= 4 is 42.3 Å². The summed E-state index contributed by atoms with van der Waals surface area (Å²) in [6.07, 6.45) is -2.93. The summed E-state index contributed by atoms with van der Waals surface area (Å²) in [5, 5.41) is -0.732. The minimum absolute atomic E-state index is 0.258. The number of alkyl halides is 2. The van der Waals surface area contributed by atoms with Crippen LogP contribution in [0.25, 0.3) is 0 Å². The molecule has 0 saturated heterocycles. The lowest BCUT2D eigenvalue weighted by Crippen LogP contribution is -2.16. The van der Waals surface area contributed by atoms with E-state index in [-0.39, 0.29) is 3.57 Å². The molecule has 0 aliphatic carbocycles. The Morgan fingerprint density at radius 2 is 2.00 bits per heavy atom. The summed E-state index contributed by atoms with van der Waals surface area (Å²) in [6.45, 7) is 0. The first-order valence-electron chi connectivity index (χ1n) is 3.39. The monoisotopic (exact) mass is 369 g/mol. The van der Waals surface area contributed by atoms with Crippen LogP contribution in [0.4, 0.5) is 8.78 Å². The Balaban J connectivity index is 3.58. The van der Waals surface area contributed by atoms with Crippen LogP contribution in [0.2, 0.25) is 0 Å². The fourth-order valence-electron chi connectivity index (χ4n) is 0.829. The maximum Gasteiger partial charge on any atom is 0.276 e. The van der Waals surface area contributed by atoms with Crippen LogP contribution in [0.3, 0.4) is 0 Å². The van der Waals surface area contributed by atoms with E-state index in [0.717, 1.165) is 0 Å². The highest BCUT2D eigenvalue weighted by Crippen LogP contribution is 2.24. The summed E-state index contributed by atoms with van der Waals surface area (Å²) in [5.74, 6) is 0. The number of aromatic amines is 1. The first-order valence-corrected chi connectivity index (χ1v) is 6.78. The number of hydrogen-bond acceptors (Lipinski definition) is 3. The maximum atomic E-state index is 12.4. The summed E-state index contributed by atoms with van der Waals surface area (Å²) in [6, 6.07) is 0.649. The van der Waals surface area contributed by atoms with Crippen LogP contribution in [0.5, 0.6) is 0 Å². The van der Waals surface area contributed by atoms with E-state index in [0.29, 0.717) is 6.07 Å². The molecule has 1 N–H and O–H groups in total. The molecule has 15 heavy (non-hydrogen) atoms. The van der Waals surface area contributed by atoms with Crippen molar-refractivity contribution in [3.63, 3.8) is 0 Å². The molecular weight excluding hydrogens is 366 g/mol. The molecule has 0 unspecified atom stereocenters. The second-order valence-electron chi connectivity index (χ2n) is 2.47. The molecule has 0 radical (unpaired) electrons. The smallest absolute Gasteiger partial charge is 0.276 e. The third-order valence-electron chi connectivity index (χ3n) is 1.47. The number of pyridine rings is 1. The summed E-state index contributed by atoms with van der Waals surface area (Å²) in [4.78, 5) is 13.0. The van der Waals surface area contributed by atoms with Crippen molar-refractivity contribution in [2.45, 2.75) is 11.5 Å². The fraction of sp³-hybridized carbons (Fsp3) is 0.167. The molecule has 1 aromatic rings. The predicted octanol–water partition coefficient (Wildman–Crippen LogP) is 1.84. The highest BCUT2D eigenvalue weighted by Gasteiger charge is 2.20. The first-order chi connectivity index (χ1) is 6.73. The number of H-pyrrole nitrogens is 1. The van der Waals surface area contributed by atoms with Gasteiger partial charge in [-0.1, -0.05) is 0 Å². The average Bonchev–Trinajstić information content (AvgIpc) is 2.06. The van der Waals surface area contributed by atoms with Crippen LogP contribution >= 0.6 is 33.3 Å². The number of halogens is 4. The van der Waals surface area contributed by atoms with E-state index in [1.54, 1.807) is 0 Å². The predicted molar refractivity (Wildman–Crippen MR) is 57.8 cm³/mol. The average molecular weight is 370 g/mol. The zero-order chi connectivity index (χ0) is 11.8. The van der Waals surface area contributed by atoms with E-state index in [9.17, 15) is 22.0 Å². The molecule has 1 rings (SSSR count). The van der Waals surface area contributed by atoms with Crippen molar-refractivity contribution in [2.24, 2.45) is 0 Å². The van der Waals surface area contributed by atoms with Crippen LogP contribution in [-0.2, 0) is 9.05 Å². The molecule has 0 amide bonds. The van der Waals surface area contributed by atoms with E-state index < -0.39 is 31.6 Å². The molecule has 84 valence electrons. The molecule has 0 aliphatic rings. The lowest BCUT2D eigenvalue weighted by Gasteiger charge is -2.04. The van der Waals surface area contributed by atoms with E-state index in [4.69, 9.17) is 10.7 Å². The Hall–Kier alpha value is -0.220. The largest absolute Gasteiger partial charge is 0.311 e. The molecule has 0 bridgehead atoms. The summed E-state index contributed by atoms with van der Waals surface area (Å²) >= 11 is 1.40. The summed E-state index contributed by atoms with van der Waals surface area (Å²) < 4.78 is 46.1. The highest BCUT2D eigenvalue weighted by molar-refractivity contribution is 14.1. The second kappa shape index (κ2) is 4.34. The summed E-state index contributed by atoms with van der Waals surface area (Å²) in [7, 11) is 0.696. The Labute approximate surface area is 101 Å². The van der Waals surface area contributed by atoms with Crippen LogP contribution in [0.1, 0.15) is 12.0 Å². The van der Waals surface area contributed by atoms with Crippen molar-refractivity contribution in [1.82, 2.24) is 4.98 Å². The third-order valence-corrected chi connectivity index (χ3v) is 3.83. The van der Waals surface area contributed by atoms with Gasteiger partial charge in [0.1, 0.15) is 0 Å². The van der Waals surface area contributed by atoms with Gasteiger partial charge in [-0.25, -0.2) is 17.2 Å². The zero-order valence-electron chi connectivity index (χ0n) is 6.80. The topological polar surface area (TPSA) is 67.0 Å². The Bertz CT molecular complexity index is 542. The second-order valence-corrected chi connectivity index (χ2v) is 6.08. The molecule has 0 spiro atoms. The normalized spacial score (nSPS) is 12.1. The van der Waals surface area contributed by atoms with Gasteiger partial charge in [0, 0.05) is 16.2 Å². The van der Waals surface area contributed by atoms with Crippen molar-refractivity contribution < 1.29 is 17.2 Å². The van der Waals surface area contributed by atoms with Gasteiger partial charge in [-0.15, -0.1) is 0 Å². The lowest BCUT2D eigenvalue weighted by atomic mass is 10.3. The van der Waals surface area contributed by atoms with Gasteiger partial charge in [0.25, 0.3) is 21.0 Å². The molecule has 1 heterocycles. The Kier molecular flexibility index (Phi) is 3.71. The SMILES string of the molecule is O=c1[nH]c(S(=O)(=O)Cl)cc(C(F)F)c1I. The Morgan fingerprint density at radius 1 is 1.47 bits per heavy atom. The minimum Gasteiger partial charge on any atom is -0.311 e. The van der Waals surface area contributed by atoms with Gasteiger partial charge in [0.2, 0.25) is 0 Å². The molecule has 0 atom stereocenters. The zero-order valence-corrected chi connectivity index (χ0v) is 10.5. The Morgan fingerprint density at radius 3 is 2.40 bits per heavy atom. The first kappa shape index (κ1) is 12.8. The van der Waals surface area contributed by atoms with E-state index in [1.165, 1.54) is 22.6 Å². The van der Waals surface area contributed by atoms with Gasteiger partial charge < -0.3 is 4.98 Å². The van der Waals surface area contributed by atoms with Crippen LogP contribution in [0, 0.1) is 3.57 Å². The molecule has 9 heteroatoms. The molecule has 4 nitrogen and oxygen atoms in total. The van der Waals surface area contributed by atoms with Crippen molar-refractivity contribution in [1.29, 1.82) is 0 Å². The van der Waals surface area contributed by atoms with Gasteiger partial charge in [0.15, 0.2) is 5.03 Å². The summed E-state index contributed by atoms with van der Waals surface area (Å²) in [5.41, 5.74) is -1.56. The van der Waals surface area contributed by atoms with Crippen LogP contribution in [0.15, 0.2) is 15.9 Å². The fourth-order valence-corrected chi connectivity index (χ4v) is 2.09. The number of aromatic nitrogens is 1. The lowest BCUT2D eigenvalue weighted by molar-refractivity contribution is 0.150. The molecule has 0 fully saturated rings. The number of rotatable bonds is 2. The number of nitrogens with one attached hydrogen (secondary N) is 1. The van der Waals surface area contributed by atoms with Crippen LogP contribution in [-0.4, -0.2) is 13.4 Å². The maximum absolute atomic E-state index is 12.4. The van der Waals surface area contributed by atoms with Crippen molar-refractivity contribution in [3.05, 3.63) is 25.6 Å². The third kappa shape index (κ3) is 2.88. The van der Waals surface area contributed by atoms with Gasteiger partial charge in [-0.05, 0) is 28.7 Å². The van der Waals surface area contributed by atoms with Crippen LogP contribution < -0.4 is 5.56 Å². The van der Waals surface area contributed by atoms with Gasteiger partial charge in [-0.2, -0.15) is 0 Å².